The van der Waals surface area contributed by atoms with Crippen molar-refractivity contribution >= 4 is 33.4 Å². The minimum atomic E-state index is -0.357. The Morgan fingerprint density at radius 2 is 2.21 bits per heavy atom. The summed E-state index contributed by atoms with van der Waals surface area (Å²) >= 11 is 1.43. The minimum absolute atomic E-state index is 0.114. The molecule has 0 aliphatic heterocycles. The van der Waals surface area contributed by atoms with Crippen molar-refractivity contribution < 1.29 is 14.3 Å². The highest BCUT2D eigenvalue weighted by Gasteiger charge is 2.10. The summed E-state index contributed by atoms with van der Waals surface area (Å²) in [5.74, 6) is 0.0970. The Hall–Kier alpha value is -1.95. The van der Waals surface area contributed by atoms with Crippen molar-refractivity contribution in [3.8, 4) is 5.75 Å². The van der Waals surface area contributed by atoms with Crippen LogP contribution in [0.25, 0.3) is 10.2 Å². The number of nitrogens with one attached hydrogen (secondary N) is 1. The summed E-state index contributed by atoms with van der Waals surface area (Å²) in [6, 6.07) is 5.62. The molecule has 0 aliphatic carbocycles. The van der Waals surface area contributed by atoms with E-state index in [1.807, 2.05) is 25.1 Å². The Labute approximate surface area is 114 Å². The van der Waals surface area contributed by atoms with Gasteiger partial charge in [0.1, 0.15) is 10.8 Å². The molecule has 1 N–H and O–H groups in total. The van der Waals surface area contributed by atoms with E-state index in [9.17, 15) is 9.59 Å². The van der Waals surface area contributed by atoms with Gasteiger partial charge in [0, 0.05) is 6.92 Å². The van der Waals surface area contributed by atoms with E-state index in [-0.39, 0.29) is 18.2 Å². The zero-order valence-electron chi connectivity index (χ0n) is 10.7. The van der Waals surface area contributed by atoms with Gasteiger partial charge < -0.3 is 4.74 Å². The Balaban J connectivity index is 2.17. The summed E-state index contributed by atoms with van der Waals surface area (Å²) in [5.41, 5.74) is 0.832. The zero-order chi connectivity index (χ0) is 13.8. The summed E-state index contributed by atoms with van der Waals surface area (Å²) in [6.07, 6.45) is 0.114. The van der Waals surface area contributed by atoms with Crippen LogP contribution in [-0.4, -0.2) is 23.4 Å². The molecular weight excluding hydrogens is 264 g/mol. The number of aromatic nitrogens is 1. The van der Waals surface area contributed by atoms with Crippen LogP contribution in [0.5, 0.6) is 5.75 Å². The van der Waals surface area contributed by atoms with Gasteiger partial charge in [-0.3, -0.25) is 14.9 Å². The van der Waals surface area contributed by atoms with Crippen LogP contribution in [0.4, 0.5) is 0 Å². The molecule has 0 saturated carbocycles. The quantitative estimate of drug-likeness (QED) is 0.927. The first-order chi connectivity index (χ1) is 9.08. The van der Waals surface area contributed by atoms with Gasteiger partial charge in [0.25, 0.3) is 0 Å². The fourth-order valence-corrected chi connectivity index (χ4v) is 2.66. The zero-order valence-corrected chi connectivity index (χ0v) is 11.5. The number of benzene rings is 1. The third kappa shape index (κ3) is 3.51. The summed E-state index contributed by atoms with van der Waals surface area (Å²) in [4.78, 5) is 26.6. The van der Waals surface area contributed by atoms with E-state index in [2.05, 4.69) is 10.3 Å². The van der Waals surface area contributed by atoms with Crippen molar-refractivity contribution in [3.05, 3.63) is 23.2 Å². The third-order valence-electron chi connectivity index (χ3n) is 2.34. The highest BCUT2D eigenvalue weighted by Crippen LogP contribution is 2.26. The molecular formula is C13H14N2O3S. The van der Waals surface area contributed by atoms with Crippen molar-refractivity contribution in [2.75, 3.05) is 6.61 Å². The number of ether oxygens (including phenoxy) is 1. The van der Waals surface area contributed by atoms with Crippen LogP contribution in [0, 0.1) is 0 Å². The normalized spacial score (nSPS) is 10.4. The number of carbonyl (C=O) groups is 2. The first-order valence-corrected chi connectivity index (χ1v) is 6.73. The Kier molecular flexibility index (Phi) is 4.11. The predicted octanol–water partition coefficient (Wildman–Crippen LogP) is 1.90. The number of hydrogen-bond donors (Lipinski definition) is 1. The van der Waals surface area contributed by atoms with Crippen molar-refractivity contribution in [2.24, 2.45) is 0 Å². The molecule has 5 nitrogen and oxygen atoms in total. The Bertz CT molecular complexity index is 621. The summed E-state index contributed by atoms with van der Waals surface area (Å²) in [6.45, 7) is 3.84. The molecule has 19 heavy (non-hydrogen) atoms. The van der Waals surface area contributed by atoms with Gasteiger partial charge in [-0.1, -0.05) is 0 Å². The maximum absolute atomic E-state index is 11.5. The van der Waals surface area contributed by atoms with Gasteiger partial charge in [-0.25, -0.2) is 4.98 Å². The van der Waals surface area contributed by atoms with E-state index >= 15 is 0 Å². The van der Waals surface area contributed by atoms with Crippen LogP contribution in [0.2, 0.25) is 0 Å². The van der Waals surface area contributed by atoms with Crippen LogP contribution >= 0.6 is 11.3 Å². The number of amides is 2. The number of rotatable bonds is 4. The molecule has 1 aromatic heterocycles. The summed E-state index contributed by atoms with van der Waals surface area (Å²) in [5, 5.41) is 2.91. The number of nitrogens with zero attached hydrogens (tertiary/aromatic N) is 1. The predicted molar refractivity (Wildman–Crippen MR) is 73.3 cm³/mol. The fourth-order valence-electron chi connectivity index (χ4n) is 1.66. The SMILES string of the molecule is CCOc1ccc2nc(CC(=O)NC(C)=O)sc2c1. The van der Waals surface area contributed by atoms with Crippen LogP contribution in [0.15, 0.2) is 18.2 Å². The topological polar surface area (TPSA) is 68.3 Å². The lowest BCUT2D eigenvalue weighted by Crippen LogP contribution is -2.29. The van der Waals surface area contributed by atoms with Crippen LogP contribution in [0.1, 0.15) is 18.9 Å². The summed E-state index contributed by atoms with van der Waals surface area (Å²) < 4.78 is 6.38. The lowest BCUT2D eigenvalue weighted by atomic mass is 10.3. The molecule has 6 heteroatoms. The number of hydrogen-bond acceptors (Lipinski definition) is 5. The molecule has 0 unspecified atom stereocenters. The molecule has 2 rings (SSSR count). The Morgan fingerprint density at radius 3 is 2.89 bits per heavy atom. The fraction of sp³-hybridized carbons (Fsp3) is 0.308. The molecule has 0 fully saturated rings. The highest BCUT2D eigenvalue weighted by molar-refractivity contribution is 7.18. The van der Waals surface area contributed by atoms with Gasteiger partial charge >= 0.3 is 0 Å². The van der Waals surface area contributed by atoms with E-state index in [1.54, 1.807) is 0 Å². The average molecular weight is 278 g/mol. The minimum Gasteiger partial charge on any atom is -0.494 e. The highest BCUT2D eigenvalue weighted by atomic mass is 32.1. The van der Waals surface area contributed by atoms with Crippen molar-refractivity contribution in [1.82, 2.24) is 10.3 Å². The molecule has 0 bridgehead atoms. The Morgan fingerprint density at radius 1 is 1.42 bits per heavy atom. The molecule has 1 heterocycles. The first kappa shape index (κ1) is 13.5. The molecule has 1 aromatic carbocycles. The number of imide groups is 1. The lowest BCUT2D eigenvalue weighted by molar-refractivity contribution is -0.128. The number of carbonyl (C=O) groups excluding carboxylic acids is 2. The van der Waals surface area contributed by atoms with Gasteiger partial charge in [-0.2, -0.15) is 0 Å². The van der Waals surface area contributed by atoms with E-state index in [0.29, 0.717) is 11.6 Å². The molecule has 0 spiro atoms. The molecule has 0 aliphatic rings. The monoisotopic (exact) mass is 278 g/mol. The molecule has 2 aromatic rings. The first-order valence-electron chi connectivity index (χ1n) is 5.91. The van der Waals surface area contributed by atoms with Gasteiger partial charge in [-0.15, -0.1) is 11.3 Å². The maximum Gasteiger partial charge on any atom is 0.233 e. The van der Waals surface area contributed by atoms with E-state index in [0.717, 1.165) is 16.0 Å². The second kappa shape index (κ2) is 5.79. The van der Waals surface area contributed by atoms with E-state index in [1.165, 1.54) is 18.3 Å². The molecule has 0 atom stereocenters. The smallest absolute Gasteiger partial charge is 0.233 e. The van der Waals surface area contributed by atoms with Gasteiger partial charge in [0.2, 0.25) is 11.8 Å². The molecule has 0 saturated heterocycles. The maximum atomic E-state index is 11.5. The molecule has 2 amide bonds. The van der Waals surface area contributed by atoms with Crippen molar-refractivity contribution in [3.63, 3.8) is 0 Å². The second-order valence-electron chi connectivity index (χ2n) is 3.95. The standard InChI is InChI=1S/C13H14N2O3S/c1-3-18-9-4-5-10-11(6-9)19-13(15-10)7-12(17)14-8(2)16/h4-6H,3,7H2,1-2H3,(H,14,16,17). The lowest BCUT2D eigenvalue weighted by Gasteiger charge is -2.00. The van der Waals surface area contributed by atoms with Crippen molar-refractivity contribution in [2.45, 2.75) is 20.3 Å². The number of fused-ring (bicyclic) bond motifs is 1. The number of thiazole rings is 1. The molecule has 100 valence electrons. The van der Waals surface area contributed by atoms with Crippen LogP contribution < -0.4 is 10.1 Å². The van der Waals surface area contributed by atoms with E-state index in [4.69, 9.17) is 4.74 Å². The van der Waals surface area contributed by atoms with Crippen molar-refractivity contribution in [1.29, 1.82) is 0 Å². The van der Waals surface area contributed by atoms with E-state index < -0.39 is 0 Å². The average Bonchev–Trinajstić information content (AvgIpc) is 2.69. The van der Waals surface area contributed by atoms with Crippen LogP contribution in [0.3, 0.4) is 0 Å². The van der Waals surface area contributed by atoms with Crippen LogP contribution in [-0.2, 0) is 16.0 Å². The summed E-state index contributed by atoms with van der Waals surface area (Å²) in [7, 11) is 0. The van der Waals surface area contributed by atoms with Gasteiger partial charge in [0.05, 0.1) is 23.2 Å². The van der Waals surface area contributed by atoms with Gasteiger partial charge in [0.15, 0.2) is 0 Å². The molecule has 0 radical (unpaired) electrons. The largest absolute Gasteiger partial charge is 0.494 e. The second-order valence-corrected chi connectivity index (χ2v) is 5.07. The van der Waals surface area contributed by atoms with Gasteiger partial charge in [-0.05, 0) is 25.1 Å². The third-order valence-corrected chi connectivity index (χ3v) is 3.36.